The molecular weight excluding hydrogens is 324 g/mol. The maximum atomic E-state index is 11.8. The standard InChI is InChI=1S/C15H13ClN2O5/c16-11-2-4-12(5-3-11)22-7-8-23-15(19)10-1-6-13(17)14(9-10)18(20)21/h1-6,9H,7-8,17H2. The number of nitrogen functional groups attached to an aromatic ring is 1. The number of halogens is 1. The highest BCUT2D eigenvalue weighted by atomic mass is 35.5. The fourth-order valence-corrected chi connectivity index (χ4v) is 1.86. The SMILES string of the molecule is Nc1ccc(C(=O)OCCOc2ccc(Cl)cc2)cc1[N+](=O)[O-]. The number of carbonyl (C=O) groups excluding carboxylic acids is 1. The second kappa shape index (κ2) is 7.46. The van der Waals surface area contributed by atoms with Crippen molar-refractivity contribution in [2.24, 2.45) is 0 Å². The second-order valence-electron chi connectivity index (χ2n) is 4.47. The number of carbonyl (C=O) groups is 1. The van der Waals surface area contributed by atoms with Crippen molar-refractivity contribution in [1.29, 1.82) is 0 Å². The molecule has 0 aliphatic heterocycles. The molecule has 0 saturated carbocycles. The minimum Gasteiger partial charge on any atom is -0.490 e. The first-order chi connectivity index (χ1) is 11.0. The van der Waals surface area contributed by atoms with Crippen LogP contribution in [0.15, 0.2) is 42.5 Å². The van der Waals surface area contributed by atoms with E-state index in [9.17, 15) is 14.9 Å². The Balaban J connectivity index is 1.86. The van der Waals surface area contributed by atoms with Crippen molar-refractivity contribution < 1.29 is 19.2 Å². The maximum Gasteiger partial charge on any atom is 0.338 e. The molecule has 0 bridgehead atoms. The van der Waals surface area contributed by atoms with Crippen molar-refractivity contribution in [2.75, 3.05) is 18.9 Å². The number of rotatable bonds is 6. The monoisotopic (exact) mass is 336 g/mol. The van der Waals surface area contributed by atoms with Crippen LogP contribution in [0.1, 0.15) is 10.4 Å². The topological polar surface area (TPSA) is 105 Å². The van der Waals surface area contributed by atoms with E-state index in [1.54, 1.807) is 24.3 Å². The first-order valence-electron chi connectivity index (χ1n) is 6.57. The number of nitrogens with two attached hydrogens (primary N) is 1. The molecule has 0 heterocycles. The van der Waals surface area contributed by atoms with Gasteiger partial charge in [0, 0.05) is 11.1 Å². The molecule has 0 radical (unpaired) electrons. The van der Waals surface area contributed by atoms with Crippen LogP contribution in [0.3, 0.4) is 0 Å². The van der Waals surface area contributed by atoms with Crippen LogP contribution in [0.25, 0.3) is 0 Å². The van der Waals surface area contributed by atoms with Crippen molar-refractivity contribution in [3.05, 3.63) is 63.2 Å². The van der Waals surface area contributed by atoms with E-state index in [1.807, 2.05) is 0 Å². The molecule has 0 aliphatic rings. The Bertz CT molecular complexity index is 718. The molecule has 23 heavy (non-hydrogen) atoms. The van der Waals surface area contributed by atoms with Gasteiger partial charge >= 0.3 is 5.97 Å². The molecule has 0 aromatic heterocycles. The van der Waals surface area contributed by atoms with Crippen molar-refractivity contribution in [1.82, 2.24) is 0 Å². The summed E-state index contributed by atoms with van der Waals surface area (Å²) in [7, 11) is 0. The Kier molecular flexibility index (Phi) is 5.37. The van der Waals surface area contributed by atoms with E-state index in [0.717, 1.165) is 6.07 Å². The zero-order valence-corrected chi connectivity index (χ0v) is 12.7. The molecule has 2 aromatic carbocycles. The molecule has 0 amide bonds. The van der Waals surface area contributed by atoms with Crippen LogP contribution in [0, 0.1) is 10.1 Å². The maximum absolute atomic E-state index is 11.8. The lowest BCUT2D eigenvalue weighted by atomic mass is 10.2. The van der Waals surface area contributed by atoms with Crippen LogP contribution in [-0.4, -0.2) is 24.1 Å². The van der Waals surface area contributed by atoms with Crippen LogP contribution < -0.4 is 10.5 Å². The van der Waals surface area contributed by atoms with Crippen LogP contribution in [0.5, 0.6) is 5.75 Å². The first kappa shape index (κ1) is 16.6. The Morgan fingerprint density at radius 3 is 2.52 bits per heavy atom. The summed E-state index contributed by atoms with van der Waals surface area (Å²) >= 11 is 5.75. The summed E-state index contributed by atoms with van der Waals surface area (Å²) in [6.45, 7) is 0.143. The summed E-state index contributed by atoms with van der Waals surface area (Å²) in [5.41, 5.74) is 5.16. The molecule has 2 aromatic rings. The highest BCUT2D eigenvalue weighted by Gasteiger charge is 2.16. The fraction of sp³-hybridized carbons (Fsp3) is 0.133. The van der Waals surface area contributed by atoms with Gasteiger partial charge in [-0.15, -0.1) is 0 Å². The van der Waals surface area contributed by atoms with Crippen molar-refractivity contribution in [3.63, 3.8) is 0 Å². The zero-order valence-electron chi connectivity index (χ0n) is 11.9. The van der Waals surface area contributed by atoms with Gasteiger partial charge < -0.3 is 15.2 Å². The van der Waals surface area contributed by atoms with Crippen LogP contribution in [0.4, 0.5) is 11.4 Å². The number of nitro benzene ring substituents is 1. The number of esters is 1. The molecule has 0 aliphatic carbocycles. The van der Waals surface area contributed by atoms with Gasteiger partial charge in [-0.05, 0) is 36.4 Å². The zero-order chi connectivity index (χ0) is 16.8. The molecule has 8 heteroatoms. The van der Waals surface area contributed by atoms with Gasteiger partial charge in [-0.2, -0.15) is 0 Å². The summed E-state index contributed by atoms with van der Waals surface area (Å²) < 4.78 is 10.4. The van der Waals surface area contributed by atoms with E-state index in [4.69, 9.17) is 26.8 Å². The average molecular weight is 337 g/mol. The molecule has 0 unspecified atom stereocenters. The van der Waals surface area contributed by atoms with Gasteiger partial charge in [-0.25, -0.2) is 4.79 Å². The highest BCUT2D eigenvalue weighted by Crippen LogP contribution is 2.22. The molecule has 7 nitrogen and oxygen atoms in total. The number of hydrogen-bond acceptors (Lipinski definition) is 6. The lowest BCUT2D eigenvalue weighted by molar-refractivity contribution is -0.383. The molecule has 0 saturated heterocycles. The predicted octanol–water partition coefficient (Wildman–Crippen LogP) is 3.07. The number of nitrogens with zero attached hydrogens (tertiary/aromatic N) is 1. The van der Waals surface area contributed by atoms with Gasteiger partial charge in [-0.3, -0.25) is 10.1 Å². The highest BCUT2D eigenvalue weighted by molar-refractivity contribution is 6.30. The second-order valence-corrected chi connectivity index (χ2v) is 4.91. The average Bonchev–Trinajstić information content (AvgIpc) is 2.53. The van der Waals surface area contributed by atoms with Gasteiger partial charge in [0.25, 0.3) is 5.69 Å². The van der Waals surface area contributed by atoms with Gasteiger partial charge in [-0.1, -0.05) is 11.6 Å². The lowest BCUT2D eigenvalue weighted by Crippen LogP contribution is -2.12. The number of anilines is 1. The van der Waals surface area contributed by atoms with E-state index >= 15 is 0 Å². The first-order valence-corrected chi connectivity index (χ1v) is 6.94. The van der Waals surface area contributed by atoms with E-state index in [1.165, 1.54) is 12.1 Å². The molecule has 120 valence electrons. The van der Waals surface area contributed by atoms with E-state index in [2.05, 4.69) is 0 Å². The summed E-state index contributed by atoms with van der Waals surface area (Å²) in [5, 5.41) is 11.4. The lowest BCUT2D eigenvalue weighted by Gasteiger charge is -2.08. The predicted molar refractivity (Wildman–Crippen MR) is 84.7 cm³/mol. The van der Waals surface area contributed by atoms with Gasteiger partial charge in [0.15, 0.2) is 0 Å². The largest absolute Gasteiger partial charge is 0.490 e. The van der Waals surface area contributed by atoms with Gasteiger partial charge in [0.2, 0.25) is 0 Å². The molecule has 0 atom stereocenters. The summed E-state index contributed by atoms with van der Waals surface area (Å²) in [6.07, 6.45) is 0. The smallest absolute Gasteiger partial charge is 0.338 e. The number of benzene rings is 2. The number of ether oxygens (including phenoxy) is 2. The van der Waals surface area contributed by atoms with Crippen LogP contribution in [0.2, 0.25) is 5.02 Å². The third-order valence-corrected chi connectivity index (χ3v) is 3.11. The summed E-state index contributed by atoms with van der Waals surface area (Å²) in [6, 6.07) is 10.5. The van der Waals surface area contributed by atoms with E-state index in [0.29, 0.717) is 10.8 Å². The number of hydrogen-bond donors (Lipinski definition) is 1. The van der Waals surface area contributed by atoms with E-state index < -0.39 is 10.9 Å². The molecular formula is C15H13ClN2O5. The van der Waals surface area contributed by atoms with E-state index in [-0.39, 0.29) is 30.2 Å². The van der Waals surface area contributed by atoms with Gasteiger partial charge in [0.1, 0.15) is 24.7 Å². The normalized spacial score (nSPS) is 10.1. The van der Waals surface area contributed by atoms with Crippen molar-refractivity contribution in [2.45, 2.75) is 0 Å². The van der Waals surface area contributed by atoms with Crippen LogP contribution in [-0.2, 0) is 4.74 Å². The minimum absolute atomic E-state index is 0.000363. The fourth-order valence-electron chi connectivity index (χ4n) is 1.74. The third kappa shape index (κ3) is 4.58. The third-order valence-electron chi connectivity index (χ3n) is 2.86. The molecule has 2 rings (SSSR count). The number of nitro groups is 1. The molecule has 0 fully saturated rings. The Hall–Kier alpha value is -2.80. The Morgan fingerprint density at radius 2 is 1.87 bits per heavy atom. The minimum atomic E-state index is -0.687. The van der Waals surface area contributed by atoms with Crippen molar-refractivity contribution >= 4 is 28.9 Å². The molecule has 0 spiro atoms. The van der Waals surface area contributed by atoms with Crippen LogP contribution >= 0.6 is 11.6 Å². The Labute approximate surface area is 136 Å². The Morgan fingerprint density at radius 1 is 1.17 bits per heavy atom. The van der Waals surface area contributed by atoms with Crippen molar-refractivity contribution in [3.8, 4) is 5.75 Å². The molecule has 2 N–H and O–H groups in total. The van der Waals surface area contributed by atoms with Gasteiger partial charge in [0.05, 0.1) is 10.5 Å². The summed E-state index contributed by atoms with van der Waals surface area (Å²) in [4.78, 5) is 22.0. The summed E-state index contributed by atoms with van der Waals surface area (Å²) in [5.74, 6) is -0.0959. The quantitative estimate of drug-likeness (QED) is 0.286.